The highest BCUT2D eigenvalue weighted by Gasteiger charge is 2.22. The van der Waals surface area contributed by atoms with E-state index < -0.39 is 21.5 Å². The molecule has 0 aliphatic heterocycles. The SMILES string of the molecule is CCN(CC)S(=O)(=O)c1ccc(=O)n(CC(=O)Nc2cccc(C(C)=O)c2)c1. The third kappa shape index (κ3) is 4.93. The van der Waals surface area contributed by atoms with Crippen LogP contribution in [0.5, 0.6) is 0 Å². The lowest BCUT2D eigenvalue weighted by Crippen LogP contribution is -2.33. The molecule has 8 nitrogen and oxygen atoms in total. The van der Waals surface area contributed by atoms with Gasteiger partial charge in [0, 0.05) is 36.6 Å². The number of amides is 1. The molecule has 0 spiro atoms. The molecule has 0 fully saturated rings. The summed E-state index contributed by atoms with van der Waals surface area (Å²) >= 11 is 0. The normalized spacial score (nSPS) is 11.4. The van der Waals surface area contributed by atoms with Crippen LogP contribution < -0.4 is 10.9 Å². The van der Waals surface area contributed by atoms with Crippen molar-refractivity contribution in [3.63, 3.8) is 0 Å². The van der Waals surface area contributed by atoms with E-state index in [1.54, 1.807) is 32.0 Å². The van der Waals surface area contributed by atoms with E-state index in [2.05, 4.69) is 5.32 Å². The fraction of sp³-hybridized carbons (Fsp3) is 0.316. The molecule has 0 radical (unpaired) electrons. The van der Waals surface area contributed by atoms with Crippen LogP contribution in [-0.4, -0.2) is 42.1 Å². The smallest absolute Gasteiger partial charge is 0.251 e. The fourth-order valence-electron chi connectivity index (χ4n) is 2.67. The summed E-state index contributed by atoms with van der Waals surface area (Å²) in [5.41, 5.74) is 0.367. The average Bonchev–Trinajstić information content (AvgIpc) is 2.64. The van der Waals surface area contributed by atoms with Gasteiger partial charge in [-0.05, 0) is 25.1 Å². The number of aromatic nitrogens is 1. The lowest BCUT2D eigenvalue weighted by molar-refractivity contribution is -0.116. The number of carbonyl (C=O) groups excluding carboxylic acids is 2. The molecule has 1 aromatic carbocycles. The first kappa shape index (κ1) is 21.5. The number of hydrogen-bond donors (Lipinski definition) is 1. The summed E-state index contributed by atoms with van der Waals surface area (Å²) < 4.78 is 27.5. The van der Waals surface area contributed by atoms with Crippen LogP contribution in [-0.2, 0) is 21.4 Å². The van der Waals surface area contributed by atoms with Gasteiger partial charge in [-0.1, -0.05) is 26.0 Å². The summed E-state index contributed by atoms with van der Waals surface area (Å²) in [6.07, 6.45) is 1.17. The zero-order valence-electron chi connectivity index (χ0n) is 16.0. The number of benzene rings is 1. The largest absolute Gasteiger partial charge is 0.325 e. The minimum atomic E-state index is -3.75. The predicted octanol–water partition coefficient (Wildman–Crippen LogP) is 1.72. The number of nitrogens with zero attached hydrogens (tertiary/aromatic N) is 2. The molecule has 150 valence electrons. The topological polar surface area (TPSA) is 106 Å². The lowest BCUT2D eigenvalue weighted by atomic mass is 10.1. The maximum atomic E-state index is 12.6. The second-order valence-corrected chi connectivity index (χ2v) is 8.04. The predicted molar refractivity (Wildman–Crippen MR) is 106 cm³/mol. The van der Waals surface area contributed by atoms with Gasteiger partial charge in [0.2, 0.25) is 15.9 Å². The molecule has 0 unspecified atom stereocenters. The van der Waals surface area contributed by atoms with E-state index in [0.717, 1.165) is 10.6 Å². The van der Waals surface area contributed by atoms with Gasteiger partial charge in [-0.15, -0.1) is 0 Å². The van der Waals surface area contributed by atoms with Gasteiger partial charge in [-0.3, -0.25) is 14.4 Å². The number of Topliss-reactive ketones (excluding diaryl/α,β-unsaturated/α-hetero) is 1. The summed E-state index contributed by atoms with van der Waals surface area (Å²) in [7, 11) is -3.75. The van der Waals surface area contributed by atoms with Gasteiger partial charge < -0.3 is 9.88 Å². The van der Waals surface area contributed by atoms with E-state index in [9.17, 15) is 22.8 Å². The van der Waals surface area contributed by atoms with Crippen LogP contribution in [0.1, 0.15) is 31.1 Å². The van der Waals surface area contributed by atoms with Crippen molar-refractivity contribution >= 4 is 27.4 Å². The molecule has 1 N–H and O–H groups in total. The first-order chi connectivity index (χ1) is 13.2. The highest BCUT2D eigenvalue weighted by atomic mass is 32.2. The lowest BCUT2D eigenvalue weighted by Gasteiger charge is -2.19. The molecule has 0 saturated heterocycles. The Balaban J connectivity index is 2.24. The van der Waals surface area contributed by atoms with Crippen molar-refractivity contribution in [3.05, 3.63) is 58.5 Å². The molecule has 2 rings (SSSR count). The zero-order chi connectivity index (χ0) is 20.9. The summed E-state index contributed by atoms with van der Waals surface area (Å²) in [5, 5.41) is 2.61. The first-order valence-corrected chi connectivity index (χ1v) is 10.2. The van der Waals surface area contributed by atoms with E-state index in [-0.39, 0.29) is 17.2 Å². The quantitative estimate of drug-likeness (QED) is 0.673. The van der Waals surface area contributed by atoms with Crippen LogP contribution in [0.4, 0.5) is 5.69 Å². The van der Waals surface area contributed by atoms with Crippen LogP contribution in [0.25, 0.3) is 0 Å². The molecule has 2 aromatic rings. The molecule has 0 bridgehead atoms. The second kappa shape index (κ2) is 8.94. The Labute approximate surface area is 163 Å². The molecule has 9 heteroatoms. The Hall–Kier alpha value is -2.78. The van der Waals surface area contributed by atoms with Crippen LogP contribution in [0.2, 0.25) is 0 Å². The molecule has 1 heterocycles. The molecule has 0 aliphatic carbocycles. The van der Waals surface area contributed by atoms with Gasteiger partial charge in [-0.25, -0.2) is 8.42 Å². The van der Waals surface area contributed by atoms with Gasteiger partial charge in [0.15, 0.2) is 5.78 Å². The first-order valence-electron chi connectivity index (χ1n) is 8.80. The maximum absolute atomic E-state index is 12.6. The number of nitrogens with one attached hydrogen (secondary N) is 1. The maximum Gasteiger partial charge on any atom is 0.251 e. The highest BCUT2D eigenvalue weighted by molar-refractivity contribution is 7.89. The monoisotopic (exact) mass is 405 g/mol. The number of ketones is 1. The Bertz CT molecular complexity index is 1040. The minimum Gasteiger partial charge on any atom is -0.325 e. The Morgan fingerprint density at radius 2 is 1.79 bits per heavy atom. The van der Waals surface area contributed by atoms with Crippen LogP contribution in [0.3, 0.4) is 0 Å². The molecule has 28 heavy (non-hydrogen) atoms. The van der Waals surface area contributed by atoms with Crippen molar-refractivity contribution in [2.75, 3.05) is 18.4 Å². The summed E-state index contributed by atoms with van der Waals surface area (Å²) in [6, 6.07) is 8.78. The molecule has 0 aliphatic rings. The molecular formula is C19H23N3O5S. The molecule has 0 atom stereocenters. The van der Waals surface area contributed by atoms with Crippen molar-refractivity contribution in [1.82, 2.24) is 8.87 Å². The van der Waals surface area contributed by atoms with E-state index in [1.165, 1.54) is 29.6 Å². The van der Waals surface area contributed by atoms with Crippen molar-refractivity contribution < 1.29 is 18.0 Å². The van der Waals surface area contributed by atoms with Crippen LogP contribution in [0, 0.1) is 0 Å². The van der Waals surface area contributed by atoms with E-state index in [1.807, 2.05) is 0 Å². The third-order valence-electron chi connectivity index (χ3n) is 4.17. The van der Waals surface area contributed by atoms with Gasteiger partial charge in [0.05, 0.1) is 4.90 Å². The van der Waals surface area contributed by atoms with Crippen molar-refractivity contribution in [2.45, 2.75) is 32.2 Å². The standard InChI is InChI=1S/C19H23N3O5S/c1-4-22(5-2)28(26,27)17-9-10-19(25)21(12-17)13-18(24)20-16-8-6-7-15(11-16)14(3)23/h6-12H,4-5,13H2,1-3H3,(H,20,24). The summed E-state index contributed by atoms with van der Waals surface area (Å²) in [6.45, 7) is 5.10. The van der Waals surface area contributed by atoms with Crippen LogP contribution >= 0.6 is 0 Å². The molecule has 0 saturated carbocycles. The molecule has 1 amide bonds. The van der Waals surface area contributed by atoms with Gasteiger partial charge in [0.25, 0.3) is 5.56 Å². The highest BCUT2D eigenvalue weighted by Crippen LogP contribution is 2.14. The number of hydrogen-bond acceptors (Lipinski definition) is 5. The second-order valence-electron chi connectivity index (χ2n) is 6.11. The third-order valence-corrected chi connectivity index (χ3v) is 6.20. The number of carbonyl (C=O) groups is 2. The summed E-state index contributed by atoms with van der Waals surface area (Å²) in [5.74, 6) is -0.651. The fourth-order valence-corrected chi connectivity index (χ4v) is 4.15. The average molecular weight is 405 g/mol. The van der Waals surface area contributed by atoms with Gasteiger partial charge >= 0.3 is 0 Å². The minimum absolute atomic E-state index is 0.0535. The Morgan fingerprint density at radius 3 is 2.39 bits per heavy atom. The Kier molecular flexibility index (Phi) is 6.87. The number of pyridine rings is 1. The van der Waals surface area contributed by atoms with Gasteiger partial charge in [-0.2, -0.15) is 4.31 Å². The summed E-state index contributed by atoms with van der Waals surface area (Å²) in [4.78, 5) is 35.8. The van der Waals surface area contributed by atoms with Crippen molar-refractivity contribution in [1.29, 1.82) is 0 Å². The van der Waals surface area contributed by atoms with Crippen molar-refractivity contribution in [2.24, 2.45) is 0 Å². The number of anilines is 1. The van der Waals surface area contributed by atoms with E-state index in [0.29, 0.717) is 24.3 Å². The zero-order valence-corrected chi connectivity index (χ0v) is 16.8. The molecular weight excluding hydrogens is 382 g/mol. The van der Waals surface area contributed by atoms with Crippen LogP contribution in [0.15, 0.2) is 52.3 Å². The van der Waals surface area contributed by atoms with E-state index in [4.69, 9.17) is 0 Å². The Morgan fingerprint density at radius 1 is 1.11 bits per heavy atom. The number of sulfonamides is 1. The van der Waals surface area contributed by atoms with E-state index >= 15 is 0 Å². The molecule has 1 aromatic heterocycles. The van der Waals surface area contributed by atoms with Crippen molar-refractivity contribution in [3.8, 4) is 0 Å². The van der Waals surface area contributed by atoms with Gasteiger partial charge in [0.1, 0.15) is 6.54 Å². The number of rotatable bonds is 8.